The fourth-order valence-corrected chi connectivity index (χ4v) is 1.99. The van der Waals surface area contributed by atoms with Gasteiger partial charge in [0.25, 0.3) is 0 Å². The fraction of sp³-hybridized carbons (Fsp3) is 0.250. The predicted molar refractivity (Wildman–Crippen MR) is 65.5 cm³/mol. The Bertz CT molecular complexity index is 470. The maximum atomic E-state index is 9.79. The fourth-order valence-electron chi connectivity index (χ4n) is 1.71. The van der Waals surface area contributed by atoms with Gasteiger partial charge in [-0.1, -0.05) is 22.0 Å². The number of benzene rings is 1. The Kier molecular flexibility index (Phi) is 3.21. The Labute approximate surface area is 97.1 Å². The number of rotatable bonds is 3. The van der Waals surface area contributed by atoms with Crippen LogP contribution in [0, 0.1) is 0 Å². The zero-order valence-corrected chi connectivity index (χ0v) is 9.87. The molecule has 0 unspecified atom stereocenters. The first-order valence-corrected chi connectivity index (χ1v) is 6.06. The van der Waals surface area contributed by atoms with Crippen LogP contribution >= 0.6 is 15.9 Å². The standard InChI is InChI=1S/C12H12BrNO/c13-7-1-3-10-9-4-2-8-14-11(9)5-6-12(10)15/h2,4-6,8,15H,1,3,7H2. The molecule has 2 aromatic rings. The van der Waals surface area contributed by atoms with Crippen LogP contribution in [-0.2, 0) is 6.42 Å². The number of aryl methyl sites for hydroxylation is 1. The lowest BCUT2D eigenvalue weighted by Crippen LogP contribution is -1.90. The van der Waals surface area contributed by atoms with E-state index in [4.69, 9.17) is 0 Å². The molecule has 3 heteroatoms. The van der Waals surface area contributed by atoms with E-state index in [0.29, 0.717) is 5.75 Å². The third-order valence-electron chi connectivity index (χ3n) is 2.43. The summed E-state index contributed by atoms with van der Waals surface area (Å²) in [5.74, 6) is 0.372. The number of phenolic OH excluding ortho intramolecular Hbond substituents is 1. The number of pyridine rings is 1. The molecule has 1 N–H and O–H groups in total. The zero-order chi connectivity index (χ0) is 10.7. The first-order valence-electron chi connectivity index (χ1n) is 4.94. The molecule has 1 aromatic heterocycles. The van der Waals surface area contributed by atoms with E-state index in [2.05, 4.69) is 20.9 Å². The Balaban J connectivity index is 2.53. The summed E-state index contributed by atoms with van der Waals surface area (Å²) in [4.78, 5) is 4.27. The highest BCUT2D eigenvalue weighted by molar-refractivity contribution is 9.09. The van der Waals surface area contributed by atoms with Crippen molar-refractivity contribution in [1.82, 2.24) is 4.98 Å². The second-order valence-corrected chi connectivity index (χ2v) is 4.22. The molecule has 1 aromatic carbocycles. The summed E-state index contributed by atoms with van der Waals surface area (Å²) in [5.41, 5.74) is 1.94. The van der Waals surface area contributed by atoms with Crippen LogP contribution in [0.25, 0.3) is 10.9 Å². The first-order chi connectivity index (χ1) is 7.33. The smallest absolute Gasteiger partial charge is 0.119 e. The number of hydrogen-bond acceptors (Lipinski definition) is 2. The number of alkyl halides is 1. The summed E-state index contributed by atoms with van der Waals surface area (Å²) in [6.07, 6.45) is 3.66. The zero-order valence-electron chi connectivity index (χ0n) is 8.28. The average molecular weight is 266 g/mol. The lowest BCUT2D eigenvalue weighted by atomic mass is 10.0. The van der Waals surface area contributed by atoms with E-state index in [-0.39, 0.29) is 0 Å². The van der Waals surface area contributed by atoms with Gasteiger partial charge in [0, 0.05) is 22.5 Å². The van der Waals surface area contributed by atoms with Gasteiger partial charge in [-0.15, -0.1) is 0 Å². The molecule has 0 atom stereocenters. The Morgan fingerprint density at radius 3 is 2.93 bits per heavy atom. The minimum atomic E-state index is 0.372. The largest absolute Gasteiger partial charge is 0.508 e. The van der Waals surface area contributed by atoms with Crippen LogP contribution in [0.15, 0.2) is 30.5 Å². The molecule has 0 aliphatic rings. The van der Waals surface area contributed by atoms with Crippen molar-refractivity contribution in [2.45, 2.75) is 12.8 Å². The molecule has 0 saturated heterocycles. The van der Waals surface area contributed by atoms with E-state index in [9.17, 15) is 5.11 Å². The summed E-state index contributed by atoms with van der Waals surface area (Å²) in [6, 6.07) is 7.48. The molecule has 0 amide bonds. The lowest BCUT2D eigenvalue weighted by Gasteiger charge is -2.07. The molecule has 78 valence electrons. The van der Waals surface area contributed by atoms with Crippen LogP contribution in [0.4, 0.5) is 0 Å². The number of phenols is 1. The number of nitrogens with zero attached hydrogens (tertiary/aromatic N) is 1. The second kappa shape index (κ2) is 4.62. The third kappa shape index (κ3) is 2.12. The van der Waals surface area contributed by atoms with Crippen LogP contribution in [0.5, 0.6) is 5.75 Å². The minimum Gasteiger partial charge on any atom is -0.508 e. The molecule has 0 saturated carbocycles. The molecular formula is C12H12BrNO. The predicted octanol–water partition coefficient (Wildman–Crippen LogP) is 3.27. The highest BCUT2D eigenvalue weighted by Crippen LogP contribution is 2.27. The van der Waals surface area contributed by atoms with Gasteiger partial charge in [-0.3, -0.25) is 4.98 Å². The van der Waals surface area contributed by atoms with Gasteiger partial charge in [-0.2, -0.15) is 0 Å². The summed E-state index contributed by atoms with van der Waals surface area (Å²) in [6.45, 7) is 0. The normalized spacial score (nSPS) is 10.7. The molecule has 2 nitrogen and oxygen atoms in total. The number of halogens is 1. The van der Waals surface area contributed by atoms with Gasteiger partial charge in [0.15, 0.2) is 0 Å². The van der Waals surface area contributed by atoms with Crippen molar-refractivity contribution < 1.29 is 5.11 Å². The summed E-state index contributed by atoms with van der Waals surface area (Å²) >= 11 is 3.40. The number of hydrogen-bond donors (Lipinski definition) is 1. The van der Waals surface area contributed by atoms with Crippen LogP contribution in [0.2, 0.25) is 0 Å². The molecule has 2 rings (SSSR count). The highest BCUT2D eigenvalue weighted by atomic mass is 79.9. The summed E-state index contributed by atoms with van der Waals surface area (Å²) in [5, 5.41) is 11.8. The molecule has 15 heavy (non-hydrogen) atoms. The number of aromatic nitrogens is 1. The molecule has 0 fully saturated rings. The number of aromatic hydroxyl groups is 1. The van der Waals surface area contributed by atoms with Crippen molar-refractivity contribution >= 4 is 26.8 Å². The van der Waals surface area contributed by atoms with E-state index >= 15 is 0 Å². The van der Waals surface area contributed by atoms with E-state index in [1.165, 1.54) is 0 Å². The Morgan fingerprint density at radius 1 is 1.27 bits per heavy atom. The van der Waals surface area contributed by atoms with Crippen molar-refractivity contribution in [3.05, 3.63) is 36.0 Å². The van der Waals surface area contributed by atoms with Gasteiger partial charge in [-0.05, 0) is 31.0 Å². The molecular weight excluding hydrogens is 254 g/mol. The molecule has 1 heterocycles. The SMILES string of the molecule is Oc1ccc2ncccc2c1CCCBr. The maximum Gasteiger partial charge on any atom is 0.119 e. The van der Waals surface area contributed by atoms with E-state index < -0.39 is 0 Å². The van der Waals surface area contributed by atoms with Crippen LogP contribution < -0.4 is 0 Å². The number of fused-ring (bicyclic) bond motifs is 1. The van der Waals surface area contributed by atoms with Crippen molar-refractivity contribution in [3.63, 3.8) is 0 Å². The summed E-state index contributed by atoms with van der Waals surface area (Å²) < 4.78 is 0. The Morgan fingerprint density at radius 2 is 2.13 bits per heavy atom. The second-order valence-electron chi connectivity index (χ2n) is 3.43. The molecule has 0 spiro atoms. The maximum absolute atomic E-state index is 9.79. The van der Waals surface area contributed by atoms with Crippen molar-refractivity contribution in [2.24, 2.45) is 0 Å². The average Bonchev–Trinajstić information content (AvgIpc) is 2.28. The van der Waals surface area contributed by atoms with Gasteiger partial charge in [0.2, 0.25) is 0 Å². The third-order valence-corrected chi connectivity index (χ3v) is 2.99. The van der Waals surface area contributed by atoms with Gasteiger partial charge in [0.1, 0.15) is 5.75 Å². The van der Waals surface area contributed by atoms with Crippen molar-refractivity contribution in [1.29, 1.82) is 0 Å². The molecule has 0 radical (unpaired) electrons. The van der Waals surface area contributed by atoms with Gasteiger partial charge < -0.3 is 5.11 Å². The topological polar surface area (TPSA) is 33.1 Å². The van der Waals surface area contributed by atoms with Crippen molar-refractivity contribution in [2.75, 3.05) is 5.33 Å². The highest BCUT2D eigenvalue weighted by Gasteiger charge is 2.06. The van der Waals surface area contributed by atoms with E-state index in [1.54, 1.807) is 12.3 Å². The van der Waals surface area contributed by atoms with Gasteiger partial charge in [0.05, 0.1) is 5.52 Å². The van der Waals surface area contributed by atoms with Gasteiger partial charge in [-0.25, -0.2) is 0 Å². The molecule has 0 aliphatic carbocycles. The van der Waals surface area contributed by atoms with E-state index in [0.717, 1.165) is 34.6 Å². The quantitative estimate of drug-likeness (QED) is 0.865. The molecule has 0 bridgehead atoms. The Hall–Kier alpha value is -1.09. The summed E-state index contributed by atoms with van der Waals surface area (Å²) in [7, 11) is 0. The minimum absolute atomic E-state index is 0.372. The van der Waals surface area contributed by atoms with Crippen LogP contribution in [-0.4, -0.2) is 15.4 Å². The van der Waals surface area contributed by atoms with Crippen LogP contribution in [0.3, 0.4) is 0 Å². The monoisotopic (exact) mass is 265 g/mol. The van der Waals surface area contributed by atoms with Crippen LogP contribution in [0.1, 0.15) is 12.0 Å². The van der Waals surface area contributed by atoms with Crippen molar-refractivity contribution in [3.8, 4) is 5.75 Å². The van der Waals surface area contributed by atoms with E-state index in [1.807, 2.05) is 18.2 Å². The molecule has 0 aliphatic heterocycles. The first kappa shape index (κ1) is 10.4. The lowest BCUT2D eigenvalue weighted by molar-refractivity contribution is 0.469. The van der Waals surface area contributed by atoms with Gasteiger partial charge >= 0.3 is 0 Å².